The number of hydrogen-bond acceptors (Lipinski definition) is 4. The van der Waals surface area contributed by atoms with Gasteiger partial charge in [-0.05, 0) is 36.1 Å². The van der Waals surface area contributed by atoms with Crippen LogP contribution < -0.4 is 5.32 Å². The lowest BCUT2D eigenvalue weighted by Crippen LogP contribution is -2.46. The van der Waals surface area contributed by atoms with E-state index in [0.717, 1.165) is 17.7 Å². The van der Waals surface area contributed by atoms with Gasteiger partial charge in [0.1, 0.15) is 0 Å². The second-order valence-corrected chi connectivity index (χ2v) is 7.33. The summed E-state index contributed by atoms with van der Waals surface area (Å²) in [6, 6.07) is 11.1. The van der Waals surface area contributed by atoms with Crippen LogP contribution in [0.15, 0.2) is 53.5 Å². The SMILES string of the molecule is I.O=[N+]([O-])c1ccc(CNC(=NCc2cccc(C(F)(F)F)c2)N2CCC(O)CC2)cc1. The standard InChI is InChI=1S/C21H23F3N4O3.HI/c22-21(23,24)17-3-1-2-16(12-17)14-26-20(27-10-8-19(29)9-11-27)25-13-15-4-6-18(7-5-15)28(30)31;/h1-7,12,19,29H,8-11,13-14H2,(H,25,26);1H. The molecule has 1 saturated heterocycles. The van der Waals surface area contributed by atoms with Gasteiger partial charge in [-0.1, -0.05) is 24.3 Å². The fourth-order valence-electron chi connectivity index (χ4n) is 3.27. The van der Waals surface area contributed by atoms with Gasteiger partial charge in [-0.2, -0.15) is 13.2 Å². The van der Waals surface area contributed by atoms with Gasteiger partial charge in [-0.25, -0.2) is 4.99 Å². The Morgan fingerprint density at radius 2 is 1.81 bits per heavy atom. The number of aliphatic imine (C=N–C) groups is 1. The van der Waals surface area contributed by atoms with E-state index in [2.05, 4.69) is 10.3 Å². The molecule has 32 heavy (non-hydrogen) atoms. The number of benzene rings is 2. The summed E-state index contributed by atoms with van der Waals surface area (Å²) in [4.78, 5) is 16.8. The first-order valence-corrected chi connectivity index (χ1v) is 9.83. The second-order valence-electron chi connectivity index (χ2n) is 7.33. The molecule has 1 aliphatic heterocycles. The smallest absolute Gasteiger partial charge is 0.393 e. The Morgan fingerprint density at radius 3 is 2.41 bits per heavy atom. The van der Waals surface area contributed by atoms with Crippen LogP contribution >= 0.6 is 24.0 Å². The lowest BCUT2D eigenvalue weighted by Gasteiger charge is -2.32. The molecular formula is C21H24F3IN4O3. The number of rotatable bonds is 5. The van der Waals surface area contributed by atoms with Crippen LogP contribution in [0.3, 0.4) is 0 Å². The number of hydrogen-bond donors (Lipinski definition) is 2. The Bertz CT molecular complexity index is 931. The van der Waals surface area contributed by atoms with Gasteiger partial charge >= 0.3 is 6.18 Å². The van der Waals surface area contributed by atoms with Gasteiger partial charge in [-0.15, -0.1) is 24.0 Å². The monoisotopic (exact) mass is 564 g/mol. The maximum Gasteiger partial charge on any atom is 0.416 e. The molecule has 0 bridgehead atoms. The number of halogens is 4. The quantitative estimate of drug-likeness (QED) is 0.186. The van der Waals surface area contributed by atoms with Gasteiger partial charge in [0.2, 0.25) is 0 Å². The van der Waals surface area contributed by atoms with Gasteiger partial charge in [0.05, 0.1) is 23.1 Å². The van der Waals surface area contributed by atoms with Crippen molar-refractivity contribution in [2.24, 2.45) is 4.99 Å². The molecule has 11 heteroatoms. The van der Waals surface area contributed by atoms with Crippen molar-refractivity contribution in [2.45, 2.75) is 38.2 Å². The summed E-state index contributed by atoms with van der Waals surface area (Å²) in [6.45, 7) is 1.54. The summed E-state index contributed by atoms with van der Waals surface area (Å²) in [7, 11) is 0. The lowest BCUT2D eigenvalue weighted by molar-refractivity contribution is -0.384. The average molecular weight is 564 g/mol. The summed E-state index contributed by atoms with van der Waals surface area (Å²) in [5.41, 5.74) is 0.504. The number of nitrogens with zero attached hydrogens (tertiary/aromatic N) is 3. The number of piperidine rings is 1. The number of alkyl halides is 3. The first kappa shape index (κ1) is 25.8. The van der Waals surface area contributed by atoms with Crippen LogP contribution in [-0.4, -0.2) is 40.1 Å². The second kappa shape index (κ2) is 11.5. The molecule has 7 nitrogen and oxygen atoms in total. The Balaban J connectivity index is 0.00000363. The molecule has 2 aromatic rings. The first-order valence-electron chi connectivity index (χ1n) is 9.83. The van der Waals surface area contributed by atoms with E-state index in [9.17, 15) is 28.4 Å². The molecule has 174 valence electrons. The van der Waals surface area contributed by atoms with Crippen molar-refractivity contribution in [3.8, 4) is 0 Å². The molecule has 0 aliphatic carbocycles. The van der Waals surface area contributed by atoms with Crippen LogP contribution in [0, 0.1) is 10.1 Å². The molecule has 0 unspecified atom stereocenters. The van der Waals surface area contributed by atoms with Crippen LogP contribution in [0.4, 0.5) is 18.9 Å². The Morgan fingerprint density at radius 1 is 1.16 bits per heavy atom. The van der Waals surface area contributed by atoms with Gasteiger partial charge in [0.15, 0.2) is 5.96 Å². The molecule has 0 saturated carbocycles. The third kappa shape index (κ3) is 7.33. The van der Waals surface area contributed by atoms with Crippen molar-refractivity contribution in [3.05, 3.63) is 75.3 Å². The predicted octanol–water partition coefficient (Wildman–Crippen LogP) is 4.33. The van der Waals surface area contributed by atoms with Crippen molar-refractivity contribution in [1.82, 2.24) is 10.2 Å². The van der Waals surface area contributed by atoms with E-state index in [1.807, 2.05) is 4.90 Å². The highest BCUT2D eigenvalue weighted by Crippen LogP contribution is 2.29. The number of non-ortho nitro benzene ring substituents is 1. The fourth-order valence-corrected chi connectivity index (χ4v) is 3.27. The zero-order valence-corrected chi connectivity index (χ0v) is 19.4. The third-order valence-electron chi connectivity index (χ3n) is 5.03. The molecule has 1 fully saturated rings. The van der Waals surface area contributed by atoms with Gasteiger partial charge in [0, 0.05) is 31.8 Å². The van der Waals surface area contributed by atoms with E-state index in [1.54, 1.807) is 18.2 Å². The maximum atomic E-state index is 13.0. The number of aliphatic hydroxyl groups is 1. The van der Waals surface area contributed by atoms with E-state index in [-0.39, 0.29) is 42.3 Å². The van der Waals surface area contributed by atoms with E-state index < -0.39 is 16.7 Å². The van der Waals surface area contributed by atoms with Crippen LogP contribution in [0.1, 0.15) is 29.5 Å². The normalized spacial score (nSPS) is 15.2. The molecule has 0 atom stereocenters. The first-order chi connectivity index (χ1) is 14.7. The van der Waals surface area contributed by atoms with Crippen LogP contribution in [0.2, 0.25) is 0 Å². The van der Waals surface area contributed by atoms with E-state index in [0.29, 0.717) is 44.0 Å². The number of aliphatic hydroxyl groups excluding tert-OH is 1. The van der Waals surface area contributed by atoms with Crippen molar-refractivity contribution in [3.63, 3.8) is 0 Å². The van der Waals surface area contributed by atoms with Crippen molar-refractivity contribution < 1.29 is 23.2 Å². The maximum absolute atomic E-state index is 13.0. The molecule has 2 aromatic carbocycles. The minimum absolute atomic E-state index is 0. The Kier molecular flexibility index (Phi) is 9.25. The highest BCUT2D eigenvalue weighted by Gasteiger charge is 2.30. The zero-order chi connectivity index (χ0) is 22.4. The summed E-state index contributed by atoms with van der Waals surface area (Å²) in [5, 5.41) is 23.7. The van der Waals surface area contributed by atoms with Gasteiger partial charge in [0.25, 0.3) is 5.69 Å². The predicted molar refractivity (Wildman–Crippen MR) is 125 cm³/mol. The molecular weight excluding hydrogens is 540 g/mol. The third-order valence-corrected chi connectivity index (χ3v) is 5.03. The topological polar surface area (TPSA) is 91.0 Å². The molecule has 1 heterocycles. The van der Waals surface area contributed by atoms with Crippen LogP contribution in [0.25, 0.3) is 0 Å². The molecule has 0 spiro atoms. The summed E-state index contributed by atoms with van der Waals surface area (Å²) in [6.07, 6.45) is -3.65. The molecule has 1 aliphatic rings. The number of nitro groups is 1. The van der Waals surface area contributed by atoms with Crippen molar-refractivity contribution in [1.29, 1.82) is 0 Å². The van der Waals surface area contributed by atoms with E-state index >= 15 is 0 Å². The molecule has 0 aromatic heterocycles. The number of nitro benzene ring substituents is 1. The summed E-state index contributed by atoms with van der Waals surface area (Å²) in [5.74, 6) is 0.516. The van der Waals surface area contributed by atoms with Crippen LogP contribution in [0.5, 0.6) is 0 Å². The molecule has 2 N–H and O–H groups in total. The highest BCUT2D eigenvalue weighted by molar-refractivity contribution is 14.0. The lowest BCUT2D eigenvalue weighted by atomic mass is 10.1. The Hall–Kier alpha value is -2.41. The molecule has 3 rings (SSSR count). The highest BCUT2D eigenvalue weighted by atomic mass is 127. The minimum atomic E-state index is -4.42. The molecule has 0 radical (unpaired) electrons. The minimum Gasteiger partial charge on any atom is -0.393 e. The Labute approximate surface area is 200 Å². The average Bonchev–Trinajstić information content (AvgIpc) is 2.74. The number of guanidine groups is 1. The number of likely N-dealkylation sites (tertiary alicyclic amines) is 1. The van der Waals surface area contributed by atoms with E-state index in [4.69, 9.17) is 0 Å². The summed E-state index contributed by atoms with van der Waals surface area (Å²) >= 11 is 0. The summed E-state index contributed by atoms with van der Waals surface area (Å²) < 4.78 is 38.9. The number of nitrogens with one attached hydrogen (secondary N) is 1. The van der Waals surface area contributed by atoms with E-state index in [1.165, 1.54) is 18.2 Å². The van der Waals surface area contributed by atoms with Gasteiger partial charge in [-0.3, -0.25) is 10.1 Å². The molecule has 0 amide bonds. The van der Waals surface area contributed by atoms with Crippen molar-refractivity contribution >= 4 is 35.6 Å². The fraction of sp³-hybridized carbons (Fsp3) is 0.381. The van der Waals surface area contributed by atoms with Gasteiger partial charge < -0.3 is 15.3 Å². The van der Waals surface area contributed by atoms with Crippen molar-refractivity contribution in [2.75, 3.05) is 13.1 Å². The zero-order valence-electron chi connectivity index (χ0n) is 17.1. The van der Waals surface area contributed by atoms with Crippen LogP contribution in [-0.2, 0) is 19.3 Å². The largest absolute Gasteiger partial charge is 0.416 e.